The Morgan fingerprint density at radius 2 is 1.65 bits per heavy atom. The number of fused-ring (bicyclic) bond motifs is 1. The van der Waals surface area contributed by atoms with E-state index in [1.165, 1.54) is 0 Å². The molecular formula is C26H27ClN6O. The first-order chi connectivity index (χ1) is 16.5. The first kappa shape index (κ1) is 23.2. The number of hydrogen-bond donors (Lipinski definition) is 5. The van der Waals surface area contributed by atoms with Crippen molar-refractivity contribution in [3.8, 4) is 0 Å². The monoisotopic (exact) mass is 474 g/mol. The van der Waals surface area contributed by atoms with E-state index < -0.39 is 0 Å². The SMILES string of the molecule is NC(N)=NCC(=O)N[C@H](Cc1ccccc1)c1cc2cc(Cl)cc(NCc3ccccc3)c2[nH]1. The molecule has 0 unspecified atom stereocenters. The van der Waals surface area contributed by atoms with Crippen molar-refractivity contribution in [2.75, 3.05) is 11.9 Å². The van der Waals surface area contributed by atoms with E-state index >= 15 is 0 Å². The van der Waals surface area contributed by atoms with Crippen LogP contribution in [-0.4, -0.2) is 23.4 Å². The summed E-state index contributed by atoms with van der Waals surface area (Å²) in [6, 6.07) is 25.6. The second-order valence-corrected chi connectivity index (χ2v) is 8.47. The fourth-order valence-corrected chi connectivity index (χ4v) is 4.07. The second kappa shape index (κ2) is 10.8. The highest BCUT2D eigenvalue weighted by atomic mass is 35.5. The van der Waals surface area contributed by atoms with Crippen LogP contribution in [0.3, 0.4) is 0 Å². The van der Waals surface area contributed by atoms with Crippen LogP contribution in [-0.2, 0) is 17.8 Å². The number of nitrogens with zero attached hydrogens (tertiary/aromatic N) is 1. The van der Waals surface area contributed by atoms with E-state index in [1.807, 2.05) is 66.7 Å². The topological polar surface area (TPSA) is 121 Å². The Morgan fingerprint density at radius 3 is 2.32 bits per heavy atom. The molecule has 7 N–H and O–H groups in total. The number of anilines is 1. The summed E-state index contributed by atoms with van der Waals surface area (Å²) in [5, 5.41) is 8.10. The number of rotatable bonds is 9. The molecule has 4 aromatic rings. The van der Waals surface area contributed by atoms with Crippen LogP contribution in [0.4, 0.5) is 5.69 Å². The Morgan fingerprint density at radius 1 is 0.971 bits per heavy atom. The summed E-state index contributed by atoms with van der Waals surface area (Å²) < 4.78 is 0. The smallest absolute Gasteiger partial charge is 0.242 e. The Bertz CT molecular complexity index is 1280. The van der Waals surface area contributed by atoms with E-state index in [0.29, 0.717) is 18.0 Å². The summed E-state index contributed by atoms with van der Waals surface area (Å²) in [6.45, 7) is 0.525. The van der Waals surface area contributed by atoms with Crippen molar-refractivity contribution in [2.24, 2.45) is 16.5 Å². The van der Waals surface area contributed by atoms with Gasteiger partial charge in [-0.3, -0.25) is 4.79 Å². The van der Waals surface area contributed by atoms with Crippen LogP contribution in [0.2, 0.25) is 5.02 Å². The summed E-state index contributed by atoms with van der Waals surface area (Å²) in [4.78, 5) is 19.9. The summed E-state index contributed by atoms with van der Waals surface area (Å²) in [5.41, 5.74) is 15.7. The van der Waals surface area contributed by atoms with Crippen LogP contribution >= 0.6 is 11.6 Å². The zero-order chi connectivity index (χ0) is 23.9. The average molecular weight is 475 g/mol. The summed E-state index contributed by atoms with van der Waals surface area (Å²) in [7, 11) is 0. The van der Waals surface area contributed by atoms with Gasteiger partial charge < -0.3 is 27.1 Å². The van der Waals surface area contributed by atoms with Crippen LogP contribution in [0.15, 0.2) is 83.9 Å². The number of halogens is 1. The van der Waals surface area contributed by atoms with Crippen molar-refractivity contribution in [3.05, 3.63) is 101 Å². The van der Waals surface area contributed by atoms with Crippen LogP contribution in [0.1, 0.15) is 22.9 Å². The van der Waals surface area contributed by atoms with E-state index in [2.05, 4.69) is 32.7 Å². The van der Waals surface area contributed by atoms with Crippen molar-refractivity contribution in [1.82, 2.24) is 10.3 Å². The molecule has 0 spiro atoms. The number of nitrogens with two attached hydrogens (primary N) is 2. The molecule has 0 saturated carbocycles. The second-order valence-electron chi connectivity index (χ2n) is 8.03. The maximum absolute atomic E-state index is 12.5. The van der Waals surface area contributed by atoms with Gasteiger partial charge in [-0.05, 0) is 35.7 Å². The molecule has 0 aliphatic carbocycles. The zero-order valence-corrected chi connectivity index (χ0v) is 19.3. The summed E-state index contributed by atoms with van der Waals surface area (Å²) >= 11 is 6.42. The normalized spacial score (nSPS) is 11.7. The van der Waals surface area contributed by atoms with Crippen LogP contribution < -0.4 is 22.1 Å². The molecule has 174 valence electrons. The van der Waals surface area contributed by atoms with E-state index in [1.54, 1.807) is 0 Å². The molecule has 0 bridgehead atoms. The largest absolute Gasteiger partial charge is 0.379 e. The molecule has 0 radical (unpaired) electrons. The predicted molar refractivity (Wildman–Crippen MR) is 139 cm³/mol. The van der Waals surface area contributed by atoms with Crippen LogP contribution in [0, 0.1) is 0 Å². The van der Waals surface area contributed by atoms with Gasteiger partial charge in [0.2, 0.25) is 5.91 Å². The third-order valence-corrected chi connectivity index (χ3v) is 5.66. The van der Waals surface area contributed by atoms with Gasteiger partial charge in [0.05, 0.1) is 17.2 Å². The van der Waals surface area contributed by atoms with Gasteiger partial charge in [0.25, 0.3) is 0 Å². The number of H-pyrrole nitrogens is 1. The number of carbonyl (C=O) groups is 1. The van der Waals surface area contributed by atoms with Crippen molar-refractivity contribution in [3.63, 3.8) is 0 Å². The van der Waals surface area contributed by atoms with E-state index in [9.17, 15) is 4.79 Å². The van der Waals surface area contributed by atoms with Crippen molar-refractivity contribution in [1.29, 1.82) is 0 Å². The molecule has 1 amide bonds. The average Bonchev–Trinajstić information content (AvgIpc) is 3.26. The molecule has 1 atom stereocenters. The van der Waals surface area contributed by atoms with Crippen molar-refractivity contribution in [2.45, 2.75) is 19.0 Å². The first-order valence-electron chi connectivity index (χ1n) is 11.0. The number of nitrogens with one attached hydrogen (secondary N) is 3. The molecule has 0 saturated heterocycles. The number of amides is 1. The first-order valence-corrected chi connectivity index (χ1v) is 11.3. The molecule has 7 nitrogen and oxygen atoms in total. The lowest BCUT2D eigenvalue weighted by Gasteiger charge is -2.18. The molecule has 0 aliphatic rings. The third-order valence-electron chi connectivity index (χ3n) is 5.44. The number of aromatic amines is 1. The van der Waals surface area contributed by atoms with Gasteiger partial charge in [0, 0.05) is 22.6 Å². The molecule has 0 fully saturated rings. The third kappa shape index (κ3) is 6.08. The molecule has 1 heterocycles. The number of aliphatic imine (C=N–C) groups is 1. The summed E-state index contributed by atoms with van der Waals surface area (Å²) in [6.07, 6.45) is 0.599. The van der Waals surface area contributed by atoms with Crippen LogP contribution in [0.5, 0.6) is 0 Å². The minimum atomic E-state index is -0.308. The minimum Gasteiger partial charge on any atom is -0.379 e. The Hall–Kier alpha value is -3.97. The fourth-order valence-electron chi connectivity index (χ4n) is 3.84. The van der Waals surface area contributed by atoms with E-state index in [0.717, 1.165) is 33.4 Å². The minimum absolute atomic E-state index is 0.121. The number of aromatic nitrogens is 1. The number of guanidine groups is 1. The number of hydrogen-bond acceptors (Lipinski definition) is 3. The lowest BCUT2D eigenvalue weighted by Crippen LogP contribution is -2.33. The summed E-state index contributed by atoms with van der Waals surface area (Å²) in [5.74, 6) is -0.391. The van der Waals surface area contributed by atoms with E-state index in [4.69, 9.17) is 23.1 Å². The lowest BCUT2D eigenvalue weighted by atomic mass is 10.0. The fraction of sp³-hybridized carbons (Fsp3) is 0.154. The highest BCUT2D eigenvalue weighted by Crippen LogP contribution is 2.31. The van der Waals surface area contributed by atoms with E-state index in [-0.39, 0.29) is 24.5 Å². The standard InChI is InChI=1S/C26H27ClN6O/c27-20-12-19-13-22(33-25(19)23(14-20)30-15-18-9-5-2-6-10-18)21(11-17-7-3-1-4-8-17)32-24(34)16-31-26(28)29/h1-10,12-14,21,30,33H,11,15-16H2,(H,32,34)(H4,28,29,31)/t21-/m1/s1. The van der Waals surface area contributed by atoms with Gasteiger partial charge >= 0.3 is 0 Å². The number of carbonyl (C=O) groups excluding carboxylic acids is 1. The Labute approximate surface area is 203 Å². The van der Waals surface area contributed by atoms with Gasteiger partial charge in [-0.1, -0.05) is 72.3 Å². The Balaban J connectivity index is 1.63. The van der Waals surface area contributed by atoms with Crippen molar-refractivity contribution < 1.29 is 4.79 Å². The molecular weight excluding hydrogens is 448 g/mol. The predicted octanol–water partition coefficient (Wildman–Crippen LogP) is 4.11. The van der Waals surface area contributed by atoms with Gasteiger partial charge in [0.1, 0.15) is 6.54 Å². The van der Waals surface area contributed by atoms with Crippen molar-refractivity contribution >= 4 is 40.1 Å². The molecule has 34 heavy (non-hydrogen) atoms. The highest BCUT2D eigenvalue weighted by Gasteiger charge is 2.19. The molecule has 3 aromatic carbocycles. The van der Waals surface area contributed by atoms with Gasteiger partial charge in [-0.25, -0.2) is 4.99 Å². The maximum Gasteiger partial charge on any atom is 0.242 e. The maximum atomic E-state index is 12.5. The quantitative estimate of drug-likeness (QED) is 0.185. The molecule has 0 aliphatic heterocycles. The molecule has 1 aromatic heterocycles. The number of benzene rings is 3. The zero-order valence-electron chi connectivity index (χ0n) is 18.6. The highest BCUT2D eigenvalue weighted by molar-refractivity contribution is 6.31. The van der Waals surface area contributed by atoms with Gasteiger partial charge in [-0.15, -0.1) is 0 Å². The lowest BCUT2D eigenvalue weighted by molar-refractivity contribution is -0.120. The van der Waals surface area contributed by atoms with Crippen LogP contribution in [0.25, 0.3) is 10.9 Å². The van der Waals surface area contributed by atoms with Gasteiger partial charge in [-0.2, -0.15) is 0 Å². The van der Waals surface area contributed by atoms with Gasteiger partial charge in [0.15, 0.2) is 5.96 Å². The Kier molecular flexibility index (Phi) is 7.34. The molecule has 4 rings (SSSR count). The molecule has 8 heteroatoms.